The van der Waals surface area contributed by atoms with Crippen LogP contribution >= 0.6 is 0 Å². The standard InChI is InChI=1S/C12H14O.C5H10.Fe/c13-12(11-8-4-5-9-11)10-6-2-1-3-7-10;1-2-4-5-3-1;/h1-3,6-7,11H,4-5,8-9H2;1-5H2;. The summed E-state index contributed by atoms with van der Waals surface area (Å²) in [5.41, 5.74) is 0.884. The first-order valence-corrected chi connectivity index (χ1v) is 7.47. The number of ketones is 1. The van der Waals surface area contributed by atoms with Gasteiger partial charge in [-0.05, 0) is 12.8 Å². The van der Waals surface area contributed by atoms with Crippen LogP contribution < -0.4 is 0 Å². The zero-order chi connectivity index (χ0) is 12.6. The first-order chi connectivity index (χ1) is 8.88. The Morgan fingerprint density at radius 2 is 1.26 bits per heavy atom. The molecule has 0 aliphatic heterocycles. The Labute approximate surface area is 127 Å². The molecule has 0 N–H and O–H groups in total. The minimum absolute atomic E-state index is 0. The van der Waals surface area contributed by atoms with Gasteiger partial charge in [-0.15, -0.1) is 0 Å². The smallest absolute Gasteiger partial charge is 0.165 e. The molecule has 106 valence electrons. The van der Waals surface area contributed by atoms with Crippen LogP contribution in [-0.4, -0.2) is 5.78 Å². The molecule has 1 aromatic rings. The zero-order valence-corrected chi connectivity index (χ0v) is 12.7. The predicted octanol–water partition coefficient (Wildman–Crippen LogP) is 5.01. The van der Waals surface area contributed by atoms with Crippen molar-refractivity contribution < 1.29 is 21.9 Å². The van der Waals surface area contributed by atoms with E-state index in [1.54, 1.807) is 0 Å². The van der Waals surface area contributed by atoms with Crippen LogP contribution in [0, 0.1) is 5.92 Å². The summed E-state index contributed by atoms with van der Waals surface area (Å²) >= 11 is 0. The van der Waals surface area contributed by atoms with E-state index in [0.29, 0.717) is 11.7 Å². The number of Topliss-reactive ketones (excluding diaryl/α,β-unsaturated/α-hetero) is 1. The summed E-state index contributed by atoms with van der Waals surface area (Å²) in [5, 5.41) is 0. The first kappa shape index (κ1) is 16.5. The minimum atomic E-state index is 0. The predicted molar refractivity (Wildman–Crippen MR) is 75.8 cm³/mol. The van der Waals surface area contributed by atoms with Gasteiger partial charge in [-0.3, -0.25) is 4.79 Å². The number of hydrogen-bond donors (Lipinski definition) is 0. The number of carbonyl (C=O) groups is 1. The summed E-state index contributed by atoms with van der Waals surface area (Å²) < 4.78 is 0. The Kier molecular flexibility index (Phi) is 8.09. The minimum Gasteiger partial charge on any atom is -0.294 e. The summed E-state index contributed by atoms with van der Waals surface area (Å²) in [6.07, 6.45) is 12.1. The summed E-state index contributed by atoms with van der Waals surface area (Å²) in [6.45, 7) is 0. The maximum Gasteiger partial charge on any atom is 0.165 e. The summed E-state index contributed by atoms with van der Waals surface area (Å²) in [5.74, 6) is 0.653. The van der Waals surface area contributed by atoms with Gasteiger partial charge in [0.2, 0.25) is 0 Å². The van der Waals surface area contributed by atoms with Crippen molar-refractivity contribution in [2.75, 3.05) is 0 Å². The molecular weight excluding hydrogens is 276 g/mol. The van der Waals surface area contributed by atoms with Crippen LogP contribution in [0.1, 0.15) is 68.1 Å². The molecule has 2 aliphatic carbocycles. The topological polar surface area (TPSA) is 17.1 Å². The van der Waals surface area contributed by atoms with E-state index in [-0.39, 0.29) is 17.1 Å². The summed E-state index contributed by atoms with van der Waals surface area (Å²) in [4.78, 5) is 11.8. The fourth-order valence-electron chi connectivity index (χ4n) is 2.91. The maximum atomic E-state index is 11.8. The third kappa shape index (κ3) is 5.50. The first-order valence-electron chi connectivity index (χ1n) is 7.47. The molecule has 0 heterocycles. The van der Waals surface area contributed by atoms with Crippen molar-refractivity contribution in [1.29, 1.82) is 0 Å². The van der Waals surface area contributed by atoms with E-state index in [9.17, 15) is 4.79 Å². The molecule has 0 bridgehead atoms. The summed E-state index contributed by atoms with van der Waals surface area (Å²) in [6, 6.07) is 9.65. The SMILES string of the molecule is C1CCCC1.O=C(c1ccccc1)C1CCCC1.[Fe]. The van der Waals surface area contributed by atoms with E-state index in [1.807, 2.05) is 30.3 Å². The molecule has 0 amide bonds. The third-order valence-electron chi connectivity index (χ3n) is 4.03. The second kappa shape index (κ2) is 9.33. The van der Waals surface area contributed by atoms with Crippen LogP contribution in [0.15, 0.2) is 30.3 Å². The monoisotopic (exact) mass is 300 g/mol. The van der Waals surface area contributed by atoms with Crippen molar-refractivity contribution in [1.82, 2.24) is 0 Å². The number of carbonyl (C=O) groups excluding carboxylic acids is 1. The molecule has 0 unspecified atom stereocenters. The van der Waals surface area contributed by atoms with Crippen LogP contribution in [0.25, 0.3) is 0 Å². The average molecular weight is 300 g/mol. The molecule has 1 aromatic carbocycles. The van der Waals surface area contributed by atoms with Crippen molar-refractivity contribution in [2.45, 2.75) is 57.8 Å². The molecule has 3 rings (SSSR count). The Bertz CT molecular complexity index is 343. The maximum absolute atomic E-state index is 11.8. The van der Waals surface area contributed by atoms with Crippen molar-refractivity contribution in [3.8, 4) is 0 Å². The van der Waals surface area contributed by atoms with Gasteiger partial charge in [-0.1, -0.05) is 75.3 Å². The van der Waals surface area contributed by atoms with Crippen LogP contribution in [-0.2, 0) is 17.1 Å². The van der Waals surface area contributed by atoms with Gasteiger partial charge in [-0.25, -0.2) is 0 Å². The fourth-order valence-corrected chi connectivity index (χ4v) is 2.91. The molecule has 0 spiro atoms. The van der Waals surface area contributed by atoms with Gasteiger partial charge in [0.15, 0.2) is 5.78 Å². The molecule has 2 saturated carbocycles. The zero-order valence-electron chi connectivity index (χ0n) is 11.6. The van der Waals surface area contributed by atoms with Gasteiger partial charge in [0.25, 0.3) is 0 Å². The molecular formula is C17H24FeO. The van der Waals surface area contributed by atoms with Crippen molar-refractivity contribution >= 4 is 5.78 Å². The van der Waals surface area contributed by atoms with E-state index < -0.39 is 0 Å². The number of rotatable bonds is 2. The molecule has 0 radical (unpaired) electrons. The van der Waals surface area contributed by atoms with Gasteiger partial charge < -0.3 is 0 Å². The van der Waals surface area contributed by atoms with Crippen molar-refractivity contribution in [3.63, 3.8) is 0 Å². The van der Waals surface area contributed by atoms with E-state index in [2.05, 4.69) is 0 Å². The van der Waals surface area contributed by atoms with E-state index in [4.69, 9.17) is 0 Å². The molecule has 0 aromatic heterocycles. The molecule has 19 heavy (non-hydrogen) atoms. The Morgan fingerprint density at radius 1 is 0.789 bits per heavy atom. The van der Waals surface area contributed by atoms with Crippen molar-refractivity contribution in [2.24, 2.45) is 5.92 Å². The van der Waals surface area contributed by atoms with Gasteiger partial charge in [0.05, 0.1) is 0 Å². The van der Waals surface area contributed by atoms with Crippen LogP contribution in [0.4, 0.5) is 0 Å². The van der Waals surface area contributed by atoms with Crippen molar-refractivity contribution in [3.05, 3.63) is 35.9 Å². The van der Waals surface area contributed by atoms with E-state index in [1.165, 1.54) is 44.9 Å². The molecule has 0 saturated heterocycles. The molecule has 1 nitrogen and oxygen atoms in total. The molecule has 2 aliphatic rings. The van der Waals surface area contributed by atoms with Crippen LogP contribution in [0.3, 0.4) is 0 Å². The van der Waals surface area contributed by atoms with Gasteiger partial charge in [0, 0.05) is 28.6 Å². The van der Waals surface area contributed by atoms with E-state index in [0.717, 1.165) is 18.4 Å². The fraction of sp³-hybridized carbons (Fsp3) is 0.588. The third-order valence-corrected chi connectivity index (χ3v) is 4.03. The Balaban J connectivity index is 0.000000256. The van der Waals surface area contributed by atoms with Gasteiger partial charge in [-0.2, -0.15) is 0 Å². The van der Waals surface area contributed by atoms with Crippen LogP contribution in [0.5, 0.6) is 0 Å². The average Bonchev–Trinajstić information content (AvgIpc) is 3.14. The van der Waals surface area contributed by atoms with E-state index >= 15 is 0 Å². The molecule has 2 heteroatoms. The molecule has 0 atom stereocenters. The second-order valence-corrected chi connectivity index (χ2v) is 5.48. The quantitative estimate of drug-likeness (QED) is 0.554. The largest absolute Gasteiger partial charge is 0.294 e. The van der Waals surface area contributed by atoms with Gasteiger partial charge in [0.1, 0.15) is 0 Å². The second-order valence-electron chi connectivity index (χ2n) is 5.48. The Morgan fingerprint density at radius 3 is 1.74 bits per heavy atom. The van der Waals surface area contributed by atoms with Crippen LogP contribution in [0.2, 0.25) is 0 Å². The summed E-state index contributed by atoms with van der Waals surface area (Å²) in [7, 11) is 0. The number of benzene rings is 1. The normalized spacial score (nSPS) is 18.3. The molecule has 2 fully saturated rings. The van der Waals surface area contributed by atoms with Gasteiger partial charge >= 0.3 is 0 Å². The Hall–Kier alpha value is -0.591. The number of hydrogen-bond acceptors (Lipinski definition) is 1.